The molecular formula is C24H26N2O6S. The number of hydrogen-bond donors (Lipinski definition) is 1. The maximum Gasteiger partial charge on any atom is 0.307 e. The van der Waals surface area contributed by atoms with E-state index in [9.17, 15) is 22.8 Å². The summed E-state index contributed by atoms with van der Waals surface area (Å²) in [5.74, 6) is -1.94. The van der Waals surface area contributed by atoms with Gasteiger partial charge < -0.3 is 10.1 Å². The lowest BCUT2D eigenvalue weighted by molar-refractivity contribution is -0.147. The van der Waals surface area contributed by atoms with Crippen LogP contribution in [0.1, 0.15) is 37.7 Å². The molecular weight excluding hydrogens is 444 g/mol. The molecule has 0 bridgehead atoms. The lowest BCUT2D eigenvalue weighted by atomic mass is 9.90. The largest absolute Gasteiger partial charge is 0.456 e. The van der Waals surface area contributed by atoms with Gasteiger partial charge in [0.2, 0.25) is 0 Å². The van der Waals surface area contributed by atoms with Crippen LogP contribution in [0.5, 0.6) is 0 Å². The average Bonchev–Trinajstić information content (AvgIpc) is 3.28. The molecule has 1 saturated carbocycles. The van der Waals surface area contributed by atoms with E-state index in [4.69, 9.17) is 4.74 Å². The van der Waals surface area contributed by atoms with Crippen LogP contribution in [0.15, 0.2) is 53.4 Å². The number of nitrogens with zero attached hydrogens (tertiary/aromatic N) is 1. The summed E-state index contributed by atoms with van der Waals surface area (Å²) in [5, 5.41) is 2.89. The van der Waals surface area contributed by atoms with Crippen LogP contribution in [0.3, 0.4) is 0 Å². The van der Waals surface area contributed by atoms with E-state index in [0.29, 0.717) is 24.2 Å². The van der Waals surface area contributed by atoms with Crippen molar-refractivity contribution in [1.82, 2.24) is 0 Å². The van der Waals surface area contributed by atoms with E-state index in [1.807, 2.05) is 6.92 Å². The second-order valence-corrected chi connectivity index (χ2v) is 10.6. The number of sulfone groups is 1. The van der Waals surface area contributed by atoms with Gasteiger partial charge in [-0.1, -0.05) is 42.7 Å². The van der Waals surface area contributed by atoms with Gasteiger partial charge in [-0.2, -0.15) is 0 Å². The van der Waals surface area contributed by atoms with Crippen LogP contribution in [0, 0.1) is 6.92 Å². The van der Waals surface area contributed by atoms with Gasteiger partial charge in [0.15, 0.2) is 16.4 Å². The number of hydrogen-bond acceptors (Lipinski definition) is 6. The normalized spacial score (nSPS) is 16.9. The lowest BCUT2D eigenvalue weighted by Gasteiger charge is -2.44. The maximum absolute atomic E-state index is 13.2. The van der Waals surface area contributed by atoms with Gasteiger partial charge in [0.25, 0.3) is 11.8 Å². The molecule has 1 fully saturated rings. The zero-order chi connectivity index (χ0) is 23.6. The second kappa shape index (κ2) is 8.97. The van der Waals surface area contributed by atoms with E-state index < -0.39 is 39.6 Å². The molecule has 1 aliphatic carbocycles. The fourth-order valence-corrected chi connectivity index (χ4v) is 5.71. The molecule has 1 N–H and O–H groups in total. The van der Waals surface area contributed by atoms with Gasteiger partial charge in [-0.15, -0.1) is 0 Å². The molecule has 4 rings (SSSR count). The van der Waals surface area contributed by atoms with Gasteiger partial charge in [0.1, 0.15) is 5.54 Å². The van der Waals surface area contributed by atoms with Crippen LogP contribution in [0.25, 0.3) is 0 Å². The summed E-state index contributed by atoms with van der Waals surface area (Å²) >= 11 is 0. The highest BCUT2D eigenvalue weighted by atomic mass is 32.2. The Morgan fingerprint density at radius 3 is 2.42 bits per heavy atom. The molecule has 1 spiro atoms. The number of nitrogens with one attached hydrogen (secondary N) is 1. The zero-order valence-electron chi connectivity index (χ0n) is 18.4. The summed E-state index contributed by atoms with van der Waals surface area (Å²) in [6.07, 6.45) is 2.32. The summed E-state index contributed by atoms with van der Waals surface area (Å²) in [5.41, 5.74) is 1.04. The third kappa shape index (κ3) is 4.50. The van der Waals surface area contributed by atoms with E-state index in [0.717, 1.165) is 18.4 Å². The Bertz CT molecular complexity index is 1180. The van der Waals surface area contributed by atoms with Crippen LogP contribution in [-0.2, 0) is 29.0 Å². The van der Waals surface area contributed by atoms with E-state index in [1.54, 1.807) is 36.4 Å². The molecule has 2 aromatic rings. The van der Waals surface area contributed by atoms with E-state index in [2.05, 4.69) is 5.32 Å². The minimum atomic E-state index is -3.65. The minimum Gasteiger partial charge on any atom is -0.456 e. The van der Waals surface area contributed by atoms with Crippen molar-refractivity contribution in [3.8, 4) is 0 Å². The molecule has 9 heteroatoms. The van der Waals surface area contributed by atoms with Crippen LogP contribution in [-0.4, -0.2) is 44.1 Å². The summed E-state index contributed by atoms with van der Waals surface area (Å²) in [4.78, 5) is 39.9. The number of carbonyl (C=O) groups excluding carboxylic acids is 3. The molecule has 0 unspecified atom stereocenters. The molecule has 174 valence electrons. The first-order chi connectivity index (χ1) is 15.7. The first-order valence-electron chi connectivity index (χ1n) is 10.9. The number of benzene rings is 2. The van der Waals surface area contributed by atoms with E-state index in [-0.39, 0.29) is 17.2 Å². The number of ether oxygens (including phenoxy) is 1. The predicted octanol–water partition coefficient (Wildman–Crippen LogP) is 3.00. The number of aryl methyl sites for hydroxylation is 1. The zero-order valence-corrected chi connectivity index (χ0v) is 19.2. The Balaban J connectivity index is 1.43. The van der Waals surface area contributed by atoms with Crippen molar-refractivity contribution in [2.45, 2.75) is 49.5 Å². The van der Waals surface area contributed by atoms with Gasteiger partial charge in [-0.25, -0.2) is 8.42 Å². The molecule has 0 aromatic heterocycles. The van der Waals surface area contributed by atoms with Crippen molar-refractivity contribution in [2.75, 3.05) is 22.6 Å². The van der Waals surface area contributed by atoms with Crippen molar-refractivity contribution >= 4 is 39.0 Å². The Morgan fingerprint density at radius 1 is 1.06 bits per heavy atom. The van der Waals surface area contributed by atoms with E-state index in [1.165, 1.54) is 17.0 Å². The highest BCUT2D eigenvalue weighted by molar-refractivity contribution is 7.91. The van der Waals surface area contributed by atoms with Crippen LogP contribution >= 0.6 is 0 Å². The predicted molar refractivity (Wildman–Crippen MR) is 123 cm³/mol. The van der Waals surface area contributed by atoms with E-state index >= 15 is 0 Å². The highest BCUT2D eigenvalue weighted by Crippen LogP contribution is 2.45. The Morgan fingerprint density at radius 2 is 1.73 bits per heavy atom. The average molecular weight is 471 g/mol. The smallest absolute Gasteiger partial charge is 0.307 e. The van der Waals surface area contributed by atoms with Crippen LogP contribution in [0.4, 0.5) is 11.4 Å². The van der Waals surface area contributed by atoms with Gasteiger partial charge in [-0.05, 0) is 44.0 Å². The third-order valence-electron chi connectivity index (χ3n) is 6.24. The molecule has 33 heavy (non-hydrogen) atoms. The molecule has 0 atom stereocenters. The van der Waals surface area contributed by atoms with Gasteiger partial charge >= 0.3 is 5.97 Å². The summed E-state index contributed by atoms with van der Waals surface area (Å²) < 4.78 is 30.0. The van der Waals surface area contributed by atoms with Crippen LogP contribution in [0.2, 0.25) is 0 Å². The number of carbonyl (C=O) groups is 3. The van der Waals surface area contributed by atoms with Crippen molar-refractivity contribution < 1.29 is 27.5 Å². The second-order valence-electron chi connectivity index (χ2n) is 8.48. The molecule has 8 nitrogen and oxygen atoms in total. The SMILES string of the molecule is Cc1ccc(S(=O)(=O)CCC(=O)OCC(=O)N2c3ccccc3NC(=O)C23CCCC3)cc1. The Hall–Kier alpha value is -3.20. The molecule has 0 saturated heterocycles. The topological polar surface area (TPSA) is 110 Å². The number of fused-ring (bicyclic) bond motifs is 1. The fraction of sp³-hybridized carbons (Fsp3) is 0.375. The quantitative estimate of drug-likeness (QED) is 0.650. The monoisotopic (exact) mass is 470 g/mol. The van der Waals surface area contributed by atoms with Crippen molar-refractivity contribution in [2.24, 2.45) is 0 Å². The van der Waals surface area contributed by atoms with Gasteiger partial charge in [-0.3, -0.25) is 19.3 Å². The highest BCUT2D eigenvalue weighted by Gasteiger charge is 2.52. The van der Waals surface area contributed by atoms with Crippen molar-refractivity contribution in [1.29, 1.82) is 0 Å². The molecule has 1 aliphatic heterocycles. The summed E-state index contributed by atoms with van der Waals surface area (Å²) in [7, 11) is -3.65. The first kappa shape index (κ1) is 23.0. The Labute approximate surface area is 192 Å². The van der Waals surface area contributed by atoms with Gasteiger partial charge in [0, 0.05) is 0 Å². The molecule has 0 radical (unpaired) electrons. The third-order valence-corrected chi connectivity index (χ3v) is 7.97. The number of esters is 1. The van der Waals surface area contributed by atoms with Crippen LogP contribution < -0.4 is 10.2 Å². The van der Waals surface area contributed by atoms with Gasteiger partial charge in [0.05, 0.1) is 28.4 Å². The minimum absolute atomic E-state index is 0.135. The molecule has 2 amide bonds. The molecule has 2 aromatic carbocycles. The standard InChI is InChI=1S/C24H26N2O6S/c1-17-8-10-18(11-9-17)33(30,31)15-12-22(28)32-16-21(27)26-20-7-3-2-6-19(20)25-23(29)24(26)13-4-5-14-24/h2-3,6-11H,4-5,12-16H2,1H3,(H,25,29). The molecule has 2 aliphatic rings. The lowest BCUT2D eigenvalue weighted by Crippen LogP contribution is -2.61. The fourth-order valence-electron chi connectivity index (χ4n) is 4.49. The molecule has 1 heterocycles. The Kier molecular flexibility index (Phi) is 6.25. The number of anilines is 2. The van der Waals surface area contributed by atoms with Crippen molar-refractivity contribution in [3.63, 3.8) is 0 Å². The number of amides is 2. The number of rotatable bonds is 6. The van der Waals surface area contributed by atoms with Crippen molar-refractivity contribution in [3.05, 3.63) is 54.1 Å². The first-order valence-corrected chi connectivity index (χ1v) is 12.6. The summed E-state index contributed by atoms with van der Waals surface area (Å²) in [6, 6.07) is 13.4. The number of para-hydroxylation sites is 2. The maximum atomic E-state index is 13.2. The summed E-state index contributed by atoms with van der Waals surface area (Å²) in [6.45, 7) is 1.29.